The lowest BCUT2D eigenvalue weighted by Crippen LogP contribution is -2.29. The van der Waals surface area contributed by atoms with E-state index in [1.54, 1.807) is 6.07 Å². The maximum absolute atomic E-state index is 11.1. The summed E-state index contributed by atoms with van der Waals surface area (Å²) in [6.07, 6.45) is -3.04. The van der Waals surface area contributed by atoms with Crippen LogP contribution in [0.1, 0.15) is 11.7 Å². The molecule has 0 heterocycles. The summed E-state index contributed by atoms with van der Waals surface area (Å²) in [5.74, 6) is -0.0237. The molecule has 0 aliphatic carbocycles. The number of esters is 1. The van der Waals surface area contributed by atoms with Crippen molar-refractivity contribution in [3.63, 3.8) is 0 Å². The average Bonchev–Trinajstić information content (AvgIpc) is 2.43. The molecule has 0 aliphatic heterocycles. The normalized spacial score (nSPS) is 13.6. The van der Waals surface area contributed by atoms with E-state index in [4.69, 9.17) is 9.47 Å². The summed E-state index contributed by atoms with van der Waals surface area (Å²) in [7, 11) is 4.06. The number of carbonyl (C=O) groups is 1. The Bertz CT molecular complexity index is 417. The molecule has 0 fully saturated rings. The molecule has 6 nitrogen and oxygen atoms in total. The zero-order valence-corrected chi connectivity index (χ0v) is 10.4. The molecular weight excluding hydrogens is 240 g/mol. The Kier molecular flexibility index (Phi) is 4.94. The Morgan fingerprint density at radius 3 is 2.22 bits per heavy atom. The largest absolute Gasteiger partial charge is 0.493 e. The van der Waals surface area contributed by atoms with Crippen LogP contribution in [0.25, 0.3) is 0 Å². The van der Waals surface area contributed by atoms with Gasteiger partial charge in [-0.3, -0.25) is 0 Å². The van der Waals surface area contributed by atoms with Crippen molar-refractivity contribution in [1.82, 2.24) is 0 Å². The minimum atomic E-state index is -1.65. The minimum absolute atomic E-state index is 0.325. The second-order valence-electron chi connectivity index (χ2n) is 3.53. The van der Waals surface area contributed by atoms with E-state index in [9.17, 15) is 15.0 Å². The SMILES string of the molecule is COC(=O)[C@@H](O)[C@H](O)c1ccc(OC)c(OC)c1. The fourth-order valence-corrected chi connectivity index (χ4v) is 1.47. The molecule has 0 bridgehead atoms. The zero-order chi connectivity index (χ0) is 13.7. The molecule has 1 aromatic carbocycles. The molecule has 0 spiro atoms. The van der Waals surface area contributed by atoms with Crippen molar-refractivity contribution in [3.8, 4) is 11.5 Å². The number of hydrogen-bond donors (Lipinski definition) is 2. The van der Waals surface area contributed by atoms with Crippen molar-refractivity contribution >= 4 is 5.97 Å². The summed E-state index contributed by atoms with van der Waals surface area (Å²) in [5, 5.41) is 19.4. The summed E-state index contributed by atoms with van der Waals surface area (Å²) in [4.78, 5) is 11.1. The summed E-state index contributed by atoms with van der Waals surface area (Å²) >= 11 is 0. The molecule has 6 heteroatoms. The summed E-state index contributed by atoms with van der Waals surface area (Å²) in [6, 6.07) is 4.58. The fraction of sp³-hybridized carbons (Fsp3) is 0.417. The maximum atomic E-state index is 11.1. The topological polar surface area (TPSA) is 85.2 Å². The van der Waals surface area contributed by atoms with E-state index in [2.05, 4.69) is 4.74 Å². The van der Waals surface area contributed by atoms with Gasteiger partial charge in [-0.05, 0) is 17.7 Å². The van der Waals surface area contributed by atoms with Crippen LogP contribution < -0.4 is 9.47 Å². The van der Waals surface area contributed by atoms with Crippen LogP contribution in [0.15, 0.2) is 18.2 Å². The van der Waals surface area contributed by atoms with Gasteiger partial charge >= 0.3 is 5.97 Å². The van der Waals surface area contributed by atoms with Crippen molar-refractivity contribution in [3.05, 3.63) is 23.8 Å². The molecular formula is C12H16O6. The van der Waals surface area contributed by atoms with Crippen LogP contribution >= 0.6 is 0 Å². The van der Waals surface area contributed by atoms with Gasteiger partial charge in [0.05, 0.1) is 21.3 Å². The van der Waals surface area contributed by atoms with E-state index in [1.807, 2.05) is 0 Å². The van der Waals surface area contributed by atoms with Crippen LogP contribution in [0.5, 0.6) is 11.5 Å². The van der Waals surface area contributed by atoms with Crippen LogP contribution in [-0.4, -0.2) is 43.6 Å². The molecule has 0 saturated carbocycles. The summed E-state index contributed by atoms with van der Waals surface area (Å²) in [6.45, 7) is 0. The first kappa shape index (κ1) is 14.3. The first-order chi connectivity index (χ1) is 8.54. The number of hydrogen-bond acceptors (Lipinski definition) is 6. The zero-order valence-electron chi connectivity index (χ0n) is 10.4. The number of aliphatic hydroxyl groups excluding tert-OH is 2. The van der Waals surface area contributed by atoms with Gasteiger partial charge in [-0.2, -0.15) is 0 Å². The third-order valence-corrected chi connectivity index (χ3v) is 2.49. The van der Waals surface area contributed by atoms with Crippen molar-refractivity contribution in [2.75, 3.05) is 21.3 Å². The van der Waals surface area contributed by atoms with Gasteiger partial charge in [0.25, 0.3) is 0 Å². The lowest BCUT2D eigenvalue weighted by atomic mass is 10.0. The van der Waals surface area contributed by atoms with E-state index in [1.165, 1.54) is 26.4 Å². The summed E-state index contributed by atoms with van der Waals surface area (Å²) in [5.41, 5.74) is 0.325. The van der Waals surface area contributed by atoms with Gasteiger partial charge in [0.1, 0.15) is 6.10 Å². The lowest BCUT2D eigenvalue weighted by molar-refractivity contribution is -0.156. The number of aliphatic hydroxyl groups is 2. The van der Waals surface area contributed by atoms with Crippen molar-refractivity contribution < 1.29 is 29.2 Å². The van der Waals surface area contributed by atoms with Crippen LogP contribution in [0.4, 0.5) is 0 Å². The number of ether oxygens (including phenoxy) is 3. The Labute approximate surface area is 105 Å². The highest BCUT2D eigenvalue weighted by Crippen LogP contribution is 2.30. The first-order valence-electron chi connectivity index (χ1n) is 5.21. The van der Waals surface area contributed by atoms with E-state index in [0.717, 1.165) is 7.11 Å². The molecule has 0 aliphatic rings. The molecule has 0 amide bonds. The molecule has 0 aromatic heterocycles. The molecule has 100 valence electrons. The third kappa shape index (κ3) is 2.91. The van der Waals surface area contributed by atoms with Gasteiger partial charge in [-0.15, -0.1) is 0 Å². The molecule has 0 radical (unpaired) electrons. The quantitative estimate of drug-likeness (QED) is 0.736. The van der Waals surface area contributed by atoms with Crippen LogP contribution in [-0.2, 0) is 9.53 Å². The van der Waals surface area contributed by atoms with Gasteiger partial charge in [0.2, 0.25) is 0 Å². The molecule has 18 heavy (non-hydrogen) atoms. The van der Waals surface area contributed by atoms with Crippen LogP contribution in [0, 0.1) is 0 Å². The molecule has 1 rings (SSSR count). The molecule has 1 aromatic rings. The average molecular weight is 256 g/mol. The van der Waals surface area contributed by atoms with E-state index in [0.29, 0.717) is 17.1 Å². The predicted octanol–water partition coefficient (Wildman–Crippen LogP) is 0.271. The Balaban J connectivity index is 2.99. The van der Waals surface area contributed by atoms with Gasteiger partial charge in [0.15, 0.2) is 17.6 Å². The predicted molar refractivity (Wildman–Crippen MR) is 62.5 cm³/mol. The van der Waals surface area contributed by atoms with Gasteiger partial charge in [-0.25, -0.2) is 4.79 Å². The Hall–Kier alpha value is -1.79. The van der Waals surface area contributed by atoms with E-state index < -0.39 is 18.2 Å². The molecule has 2 N–H and O–H groups in total. The second kappa shape index (κ2) is 6.23. The van der Waals surface area contributed by atoms with Crippen molar-refractivity contribution in [1.29, 1.82) is 0 Å². The van der Waals surface area contributed by atoms with Crippen molar-refractivity contribution in [2.45, 2.75) is 12.2 Å². The fourth-order valence-electron chi connectivity index (χ4n) is 1.47. The minimum Gasteiger partial charge on any atom is -0.493 e. The van der Waals surface area contributed by atoms with Gasteiger partial charge in [0, 0.05) is 0 Å². The lowest BCUT2D eigenvalue weighted by Gasteiger charge is -2.17. The molecule has 0 saturated heterocycles. The van der Waals surface area contributed by atoms with Crippen molar-refractivity contribution in [2.24, 2.45) is 0 Å². The van der Waals surface area contributed by atoms with Crippen LogP contribution in [0.3, 0.4) is 0 Å². The molecule has 0 unspecified atom stereocenters. The number of benzene rings is 1. The first-order valence-corrected chi connectivity index (χ1v) is 5.21. The highest BCUT2D eigenvalue weighted by molar-refractivity contribution is 5.75. The highest BCUT2D eigenvalue weighted by atomic mass is 16.5. The van der Waals surface area contributed by atoms with E-state index >= 15 is 0 Å². The molecule has 2 atom stereocenters. The number of methoxy groups -OCH3 is 3. The number of carbonyl (C=O) groups excluding carboxylic acids is 1. The third-order valence-electron chi connectivity index (χ3n) is 2.49. The van der Waals surface area contributed by atoms with Crippen LogP contribution in [0.2, 0.25) is 0 Å². The Morgan fingerprint density at radius 1 is 1.11 bits per heavy atom. The standard InChI is InChI=1S/C12H16O6/c1-16-8-5-4-7(6-9(8)17-2)10(13)11(14)12(15)18-3/h4-6,10-11,13-14H,1-3H3/t10-,11+/m1/s1. The number of rotatable bonds is 5. The van der Waals surface area contributed by atoms with Gasteiger partial charge in [-0.1, -0.05) is 6.07 Å². The van der Waals surface area contributed by atoms with E-state index in [-0.39, 0.29) is 0 Å². The maximum Gasteiger partial charge on any atom is 0.337 e. The highest BCUT2D eigenvalue weighted by Gasteiger charge is 2.27. The van der Waals surface area contributed by atoms with Gasteiger partial charge < -0.3 is 24.4 Å². The summed E-state index contributed by atoms with van der Waals surface area (Å²) < 4.78 is 14.5. The smallest absolute Gasteiger partial charge is 0.337 e. The Morgan fingerprint density at radius 2 is 1.72 bits per heavy atom. The second-order valence-corrected chi connectivity index (χ2v) is 3.53. The monoisotopic (exact) mass is 256 g/mol.